The molecule has 96 valence electrons. The lowest BCUT2D eigenvalue weighted by atomic mass is 10.2. The second-order valence-electron chi connectivity index (χ2n) is 3.79. The summed E-state index contributed by atoms with van der Waals surface area (Å²) >= 11 is 1.16. The van der Waals surface area contributed by atoms with Crippen molar-refractivity contribution in [1.29, 1.82) is 0 Å². The van der Waals surface area contributed by atoms with Crippen molar-refractivity contribution in [2.75, 3.05) is 4.72 Å². The number of aromatic nitrogens is 2. The van der Waals surface area contributed by atoms with E-state index in [4.69, 9.17) is 0 Å². The molecular formula is C12H9N3O2S2. The second kappa shape index (κ2) is 4.60. The maximum atomic E-state index is 12.1. The average Bonchev–Trinajstić information content (AvgIpc) is 2.93. The highest BCUT2D eigenvalue weighted by atomic mass is 32.2. The van der Waals surface area contributed by atoms with E-state index in [1.807, 2.05) is 0 Å². The zero-order valence-corrected chi connectivity index (χ0v) is 11.3. The van der Waals surface area contributed by atoms with Crippen LogP contribution in [0, 0.1) is 0 Å². The van der Waals surface area contributed by atoms with Gasteiger partial charge in [0.05, 0.1) is 0 Å². The molecule has 19 heavy (non-hydrogen) atoms. The summed E-state index contributed by atoms with van der Waals surface area (Å²) in [6.45, 7) is 0. The van der Waals surface area contributed by atoms with E-state index >= 15 is 0 Å². The largest absolute Gasteiger partial charge is 0.272 e. The van der Waals surface area contributed by atoms with Crippen molar-refractivity contribution in [3.63, 3.8) is 0 Å². The number of thiophene rings is 1. The Hall–Kier alpha value is -1.99. The van der Waals surface area contributed by atoms with Gasteiger partial charge in [-0.1, -0.05) is 6.07 Å². The van der Waals surface area contributed by atoms with Crippen molar-refractivity contribution in [3.05, 3.63) is 48.2 Å². The molecule has 0 saturated heterocycles. The van der Waals surface area contributed by atoms with Gasteiger partial charge in [0, 0.05) is 24.0 Å². The maximum Gasteiger partial charge on any atom is 0.272 e. The van der Waals surface area contributed by atoms with Gasteiger partial charge in [0.25, 0.3) is 10.0 Å². The summed E-state index contributed by atoms with van der Waals surface area (Å²) in [5.41, 5.74) is 0. The Morgan fingerprint density at radius 3 is 2.79 bits per heavy atom. The summed E-state index contributed by atoms with van der Waals surface area (Å²) in [6.07, 6.45) is 4.81. The molecule has 7 heteroatoms. The van der Waals surface area contributed by atoms with E-state index < -0.39 is 10.0 Å². The minimum atomic E-state index is -3.58. The lowest BCUT2D eigenvalue weighted by molar-refractivity contribution is 0.603. The molecule has 0 unspecified atom stereocenters. The Balaban J connectivity index is 2.07. The average molecular weight is 291 g/mol. The van der Waals surface area contributed by atoms with Crippen molar-refractivity contribution in [3.8, 4) is 0 Å². The van der Waals surface area contributed by atoms with E-state index in [1.54, 1.807) is 48.2 Å². The third-order valence-electron chi connectivity index (χ3n) is 2.56. The van der Waals surface area contributed by atoms with Gasteiger partial charge in [-0.3, -0.25) is 9.71 Å². The SMILES string of the molecule is O=S(=O)(Nc1nccc2ccncc12)c1cccs1. The van der Waals surface area contributed by atoms with Crippen LogP contribution in [0.1, 0.15) is 0 Å². The topological polar surface area (TPSA) is 72.0 Å². The van der Waals surface area contributed by atoms with Gasteiger partial charge in [0.1, 0.15) is 10.0 Å². The highest BCUT2D eigenvalue weighted by Gasteiger charge is 2.17. The Morgan fingerprint density at radius 2 is 2.00 bits per heavy atom. The number of hydrogen-bond acceptors (Lipinski definition) is 5. The lowest BCUT2D eigenvalue weighted by Crippen LogP contribution is -2.12. The summed E-state index contributed by atoms with van der Waals surface area (Å²) < 4.78 is 27.0. The number of anilines is 1. The molecule has 0 fully saturated rings. The smallest absolute Gasteiger partial charge is 0.264 e. The number of rotatable bonds is 3. The van der Waals surface area contributed by atoms with Crippen LogP contribution in [-0.2, 0) is 10.0 Å². The van der Waals surface area contributed by atoms with Crippen LogP contribution in [0.25, 0.3) is 10.8 Å². The molecule has 3 aromatic heterocycles. The van der Waals surface area contributed by atoms with Crippen molar-refractivity contribution >= 4 is 38.0 Å². The summed E-state index contributed by atoms with van der Waals surface area (Å²) in [4.78, 5) is 8.07. The highest BCUT2D eigenvalue weighted by molar-refractivity contribution is 7.94. The van der Waals surface area contributed by atoms with E-state index in [9.17, 15) is 8.42 Å². The number of pyridine rings is 2. The third kappa shape index (κ3) is 2.29. The van der Waals surface area contributed by atoms with Gasteiger partial charge >= 0.3 is 0 Å². The first-order valence-corrected chi connectivity index (χ1v) is 7.78. The zero-order chi connectivity index (χ0) is 13.3. The van der Waals surface area contributed by atoms with Crippen LogP contribution in [0.15, 0.2) is 52.4 Å². The van der Waals surface area contributed by atoms with Gasteiger partial charge < -0.3 is 0 Å². The molecular weight excluding hydrogens is 282 g/mol. The Kier molecular flexibility index (Phi) is 2.92. The quantitative estimate of drug-likeness (QED) is 0.804. The molecule has 0 bridgehead atoms. The van der Waals surface area contributed by atoms with Crippen LogP contribution in [0.2, 0.25) is 0 Å². The predicted molar refractivity (Wildman–Crippen MR) is 74.7 cm³/mol. The minimum absolute atomic E-state index is 0.259. The molecule has 0 aliphatic heterocycles. The monoisotopic (exact) mass is 291 g/mol. The number of sulfonamides is 1. The molecule has 0 radical (unpaired) electrons. The predicted octanol–water partition coefficient (Wildman–Crippen LogP) is 2.49. The second-order valence-corrected chi connectivity index (χ2v) is 6.65. The molecule has 0 aliphatic rings. The van der Waals surface area contributed by atoms with Gasteiger partial charge in [-0.25, -0.2) is 13.4 Å². The molecule has 0 amide bonds. The summed E-state index contributed by atoms with van der Waals surface area (Å²) in [5.74, 6) is 0.291. The Labute approximate surface area is 114 Å². The Morgan fingerprint density at radius 1 is 1.16 bits per heavy atom. The van der Waals surface area contributed by atoms with Crippen LogP contribution in [0.4, 0.5) is 5.82 Å². The lowest BCUT2D eigenvalue weighted by Gasteiger charge is -2.07. The van der Waals surface area contributed by atoms with Gasteiger partial charge in [0.2, 0.25) is 0 Å². The normalized spacial score (nSPS) is 11.6. The van der Waals surface area contributed by atoms with Crippen LogP contribution < -0.4 is 4.72 Å². The summed E-state index contributed by atoms with van der Waals surface area (Å²) in [6, 6.07) is 6.85. The summed E-state index contributed by atoms with van der Waals surface area (Å²) in [5, 5.41) is 3.27. The maximum absolute atomic E-state index is 12.1. The first-order chi connectivity index (χ1) is 9.17. The number of nitrogens with one attached hydrogen (secondary N) is 1. The molecule has 1 N–H and O–H groups in total. The molecule has 0 aromatic carbocycles. The molecule has 3 rings (SSSR count). The zero-order valence-electron chi connectivity index (χ0n) is 9.65. The standard InChI is InChI=1S/C12H9N3O2S2/c16-19(17,11-2-1-7-18-11)15-12-10-8-13-5-3-9(10)4-6-14-12/h1-8H,(H,14,15). The number of fused-ring (bicyclic) bond motifs is 1. The van der Waals surface area contributed by atoms with Crippen molar-refractivity contribution in [2.24, 2.45) is 0 Å². The number of hydrogen-bond donors (Lipinski definition) is 1. The molecule has 0 saturated carbocycles. The molecule has 0 aliphatic carbocycles. The fraction of sp³-hybridized carbons (Fsp3) is 0. The fourth-order valence-electron chi connectivity index (χ4n) is 1.69. The van der Waals surface area contributed by atoms with E-state index in [2.05, 4.69) is 14.7 Å². The molecule has 3 aromatic rings. The number of nitrogens with zero attached hydrogens (tertiary/aromatic N) is 2. The van der Waals surface area contributed by atoms with E-state index in [1.165, 1.54) is 0 Å². The van der Waals surface area contributed by atoms with Crippen molar-refractivity contribution < 1.29 is 8.42 Å². The first-order valence-electron chi connectivity index (χ1n) is 5.42. The first kappa shape index (κ1) is 12.1. The molecule has 3 heterocycles. The van der Waals surface area contributed by atoms with Crippen LogP contribution in [0.5, 0.6) is 0 Å². The van der Waals surface area contributed by atoms with E-state index in [0.717, 1.165) is 16.7 Å². The van der Waals surface area contributed by atoms with Crippen molar-refractivity contribution in [1.82, 2.24) is 9.97 Å². The van der Waals surface area contributed by atoms with Gasteiger partial charge in [-0.05, 0) is 29.0 Å². The van der Waals surface area contributed by atoms with Crippen LogP contribution in [0.3, 0.4) is 0 Å². The molecule has 5 nitrogen and oxygen atoms in total. The molecule has 0 atom stereocenters. The molecule has 0 spiro atoms. The fourth-order valence-corrected chi connectivity index (χ4v) is 3.71. The van der Waals surface area contributed by atoms with Crippen molar-refractivity contribution in [2.45, 2.75) is 4.21 Å². The Bertz CT molecular complexity index is 809. The van der Waals surface area contributed by atoms with E-state index in [0.29, 0.717) is 11.2 Å². The summed E-state index contributed by atoms with van der Waals surface area (Å²) in [7, 11) is -3.58. The highest BCUT2D eigenvalue weighted by Crippen LogP contribution is 2.24. The minimum Gasteiger partial charge on any atom is -0.264 e. The van der Waals surface area contributed by atoms with Gasteiger partial charge in [0.15, 0.2) is 0 Å². The third-order valence-corrected chi connectivity index (χ3v) is 5.30. The van der Waals surface area contributed by atoms with Crippen LogP contribution >= 0.6 is 11.3 Å². The van der Waals surface area contributed by atoms with Crippen LogP contribution in [-0.4, -0.2) is 18.4 Å². The van der Waals surface area contributed by atoms with E-state index in [-0.39, 0.29) is 4.21 Å². The van der Waals surface area contributed by atoms with Gasteiger partial charge in [-0.15, -0.1) is 11.3 Å². The van der Waals surface area contributed by atoms with Gasteiger partial charge in [-0.2, -0.15) is 0 Å².